The molecule has 1 aromatic carbocycles. The van der Waals surface area contributed by atoms with Crippen LogP contribution in [0.3, 0.4) is 0 Å². The molecule has 1 amide bonds. The van der Waals surface area contributed by atoms with E-state index in [9.17, 15) is 13.2 Å². The van der Waals surface area contributed by atoms with Gasteiger partial charge in [0.1, 0.15) is 5.65 Å². The highest BCUT2D eigenvalue weighted by atomic mass is 32.2. The average molecular weight is 372 g/mol. The number of carbonyl (C=O) groups is 1. The lowest BCUT2D eigenvalue weighted by Crippen LogP contribution is -2.23. The lowest BCUT2D eigenvalue weighted by molar-refractivity contribution is -0.114. The quantitative estimate of drug-likeness (QED) is 0.719. The summed E-state index contributed by atoms with van der Waals surface area (Å²) < 4.78 is 29.6. The molecule has 136 valence electrons. The smallest absolute Gasteiger partial charge is 0.240 e. The first-order valence-electron chi connectivity index (χ1n) is 8.08. The van der Waals surface area contributed by atoms with Crippen LogP contribution in [-0.2, 0) is 21.4 Å². The van der Waals surface area contributed by atoms with Crippen molar-refractivity contribution in [2.75, 3.05) is 5.32 Å². The molecule has 7 nitrogen and oxygen atoms in total. The van der Waals surface area contributed by atoms with Gasteiger partial charge in [0.2, 0.25) is 15.9 Å². The highest BCUT2D eigenvalue weighted by Gasteiger charge is 2.16. The van der Waals surface area contributed by atoms with Gasteiger partial charge >= 0.3 is 0 Å². The van der Waals surface area contributed by atoms with E-state index in [1.807, 2.05) is 35.7 Å². The Hall–Kier alpha value is -2.71. The number of hydrogen-bond donors (Lipinski definition) is 2. The number of pyridine rings is 1. The fourth-order valence-corrected chi connectivity index (χ4v) is 3.65. The zero-order valence-corrected chi connectivity index (χ0v) is 15.6. The monoisotopic (exact) mass is 372 g/mol. The maximum atomic E-state index is 12.6. The van der Waals surface area contributed by atoms with Gasteiger partial charge in [0.05, 0.1) is 17.1 Å². The summed E-state index contributed by atoms with van der Waals surface area (Å²) in [5, 5.41) is 2.64. The van der Waals surface area contributed by atoms with E-state index in [2.05, 4.69) is 15.0 Å². The minimum Gasteiger partial charge on any atom is -0.326 e. The molecule has 0 unspecified atom stereocenters. The Balaban J connectivity index is 1.82. The molecule has 8 heteroatoms. The summed E-state index contributed by atoms with van der Waals surface area (Å²) in [5.41, 5.74) is 3.67. The van der Waals surface area contributed by atoms with Crippen molar-refractivity contribution >= 4 is 27.3 Å². The molecule has 0 spiro atoms. The van der Waals surface area contributed by atoms with Crippen LogP contribution in [0.5, 0.6) is 0 Å². The number of sulfonamides is 1. The van der Waals surface area contributed by atoms with E-state index in [4.69, 9.17) is 0 Å². The van der Waals surface area contributed by atoms with Crippen LogP contribution in [0.15, 0.2) is 47.5 Å². The SMILES string of the molecule is CC(=O)Nc1cc(S(=O)(=O)NCc2cn3c(C)cccc3n2)ccc1C. The number of benzene rings is 1. The summed E-state index contributed by atoms with van der Waals surface area (Å²) in [6, 6.07) is 10.3. The summed E-state index contributed by atoms with van der Waals surface area (Å²) in [7, 11) is -3.73. The first-order chi connectivity index (χ1) is 12.3. The third-order valence-corrected chi connectivity index (χ3v) is 5.42. The van der Waals surface area contributed by atoms with Crippen LogP contribution in [0, 0.1) is 13.8 Å². The molecule has 0 bridgehead atoms. The first-order valence-corrected chi connectivity index (χ1v) is 9.56. The van der Waals surface area contributed by atoms with Gasteiger partial charge in [0, 0.05) is 24.5 Å². The van der Waals surface area contributed by atoms with Gasteiger partial charge in [-0.3, -0.25) is 4.79 Å². The summed E-state index contributed by atoms with van der Waals surface area (Å²) in [4.78, 5) is 15.8. The number of fused-ring (bicyclic) bond motifs is 1. The summed E-state index contributed by atoms with van der Waals surface area (Å²) in [6.07, 6.45) is 1.81. The largest absolute Gasteiger partial charge is 0.326 e. The van der Waals surface area contributed by atoms with E-state index < -0.39 is 10.0 Å². The number of aromatic nitrogens is 2. The molecular formula is C18H20N4O3S. The number of nitrogens with zero attached hydrogens (tertiary/aromatic N) is 2. The maximum absolute atomic E-state index is 12.6. The molecule has 2 N–H and O–H groups in total. The van der Waals surface area contributed by atoms with Crippen molar-refractivity contribution in [1.29, 1.82) is 0 Å². The van der Waals surface area contributed by atoms with Gasteiger partial charge in [0.15, 0.2) is 0 Å². The number of imidazole rings is 1. The molecule has 0 fully saturated rings. The molecule has 0 saturated carbocycles. The van der Waals surface area contributed by atoms with Gasteiger partial charge in [-0.05, 0) is 43.7 Å². The fraction of sp³-hybridized carbons (Fsp3) is 0.222. The molecule has 0 radical (unpaired) electrons. The Morgan fingerprint density at radius 2 is 1.96 bits per heavy atom. The van der Waals surface area contributed by atoms with Crippen molar-refractivity contribution in [3.8, 4) is 0 Å². The van der Waals surface area contributed by atoms with Crippen molar-refractivity contribution in [2.24, 2.45) is 0 Å². The summed E-state index contributed by atoms with van der Waals surface area (Å²) in [6.45, 7) is 5.21. The van der Waals surface area contributed by atoms with Crippen molar-refractivity contribution in [2.45, 2.75) is 32.2 Å². The van der Waals surface area contributed by atoms with Gasteiger partial charge in [-0.2, -0.15) is 0 Å². The Kier molecular flexibility index (Phi) is 4.80. The number of anilines is 1. The molecule has 0 saturated heterocycles. The van der Waals surface area contributed by atoms with E-state index in [1.54, 1.807) is 13.0 Å². The number of aryl methyl sites for hydroxylation is 2. The Morgan fingerprint density at radius 3 is 2.65 bits per heavy atom. The fourth-order valence-electron chi connectivity index (χ4n) is 2.63. The molecule has 0 aliphatic heterocycles. The Bertz CT molecular complexity index is 1090. The lowest BCUT2D eigenvalue weighted by atomic mass is 10.2. The highest BCUT2D eigenvalue weighted by molar-refractivity contribution is 7.89. The van der Waals surface area contributed by atoms with Crippen LogP contribution >= 0.6 is 0 Å². The van der Waals surface area contributed by atoms with Crippen LogP contribution in [0.1, 0.15) is 23.9 Å². The zero-order chi connectivity index (χ0) is 18.9. The topological polar surface area (TPSA) is 92.6 Å². The third kappa shape index (κ3) is 3.76. The van der Waals surface area contributed by atoms with Crippen LogP contribution < -0.4 is 10.0 Å². The van der Waals surface area contributed by atoms with E-state index in [0.29, 0.717) is 11.4 Å². The van der Waals surface area contributed by atoms with Gasteiger partial charge in [-0.1, -0.05) is 12.1 Å². The van der Waals surface area contributed by atoms with E-state index in [0.717, 1.165) is 16.9 Å². The molecule has 3 rings (SSSR count). The van der Waals surface area contributed by atoms with E-state index in [1.165, 1.54) is 19.1 Å². The second kappa shape index (κ2) is 6.89. The minimum absolute atomic E-state index is 0.0762. The molecule has 3 aromatic rings. The number of rotatable bonds is 5. The van der Waals surface area contributed by atoms with Crippen LogP contribution in [-0.4, -0.2) is 23.7 Å². The number of hydrogen-bond acceptors (Lipinski definition) is 4. The lowest BCUT2D eigenvalue weighted by Gasteiger charge is -2.10. The third-order valence-electron chi connectivity index (χ3n) is 4.02. The summed E-state index contributed by atoms with van der Waals surface area (Å²) >= 11 is 0. The number of nitrogens with one attached hydrogen (secondary N) is 2. The van der Waals surface area contributed by atoms with Gasteiger partial charge < -0.3 is 9.72 Å². The summed E-state index contributed by atoms with van der Waals surface area (Å²) in [5.74, 6) is -0.254. The van der Waals surface area contributed by atoms with Gasteiger partial charge in [0.25, 0.3) is 0 Å². The molecule has 2 heterocycles. The van der Waals surface area contributed by atoms with Crippen LogP contribution in [0.4, 0.5) is 5.69 Å². The van der Waals surface area contributed by atoms with Crippen molar-refractivity contribution in [3.63, 3.8) is 0 Å². The van der Waals surface area contributed by atoms with Gasteiger partial charge in [-0.25, -0.2) is 18.1 Å². The highest BCUT2D eigenvalue weighted by Crippen LogP contribution is 2.20. The molecule has 26 heavy (non-hydrogen) atoms. The van der Waals surface area contributed by atoms with Crippen molar-refractivity contribution < 1.29 is 13.2 Å². The Labute approximate surface area is 152 Å². The van der Waals surface area contributed by atoms with E-state index >= 15 is 0 Å². The van der Waals surface area contributed by atoms with E-state index in [-0.39, 0.29) is 17.3 Å². The molecule has 0 aliphatic rings. The predicted octanol–water partition coefficient (Wildman–Crippen LogP) is 2.39. The van der Waals surface area contributed by atoms with Crippen LogP contribution in [0.2, 0.25) is 0 Å². The van der Waals surface area contributed by atoms with Crippen molar-refractivity contribution in [3.05, 3.63) is 59.5 Å². The molecule has 2 aromatic heterocycles. The zero-order valence-electron chi connectivity index (χ0n) is 14.8. The minimum atomic E-state index is -3.73. The van der Waals surface area contributed by atoms with Crippen LogP contribution in [0.25, 0.3) is 5.65 Å². The van der Waals surface area contributed by atoms with Gasteiger partial charge in [-0.15, -0.1) is 0 Å². The molecule has 0 aliphatic carbocycles. The second-order valence-corrected chi connectivity index (χ2v) is 7.88. The normalized spacial score (nSPS) is 11.7. The number of amides is 1. The maximum Gasteiger partial charge on any atom is 0.240 e. The van der Waals surface area contributed by atoms with Crippen molar-refractivity contribution in [1.82, 2.24) is 14.1 Å². The first kappa shape index (κ1) is 18.1. The number of carbonyl (C=O) groups excluding carboxylic acids is 1. The standard InChI is InChI=1S/C18H20N4O3S/c1-12-7-8-16(9-17(12)20-14(3)23)26(24,25)19-10-15-11-22-13(2)5-4-6-18(22)21-15/h4-9,11,19H,10H2,1-3H3,(H,20,23). The second-order valence-electron chi connectivity index (χ2n) is 6.11. The average Bonchev–Trinajstić information content (AvgIpc) is 2.99. The molecular weight excluding hydrogens is 352 g/mol. The Morgan fingerprint density at radius 1 is 1.19 bits per heavy atom. The predicted molar refractivity (Wildman–Crippen MR) is 99.4 cm³/mol. The molecule has 0 atom stereocenters.